The molecular formula is C38H57N5O6. The molecule has 1 aliphatic heterocycles. The van der Waals surface area contributed by atoms with Crippen molar-refractivity contribution in [2.75, 3.05) is 46.3 Å². The topological polar surface area (TPSA) is 136 Å². The van der Waals surface area contributed by atoms with E-state index in [-0.39, 0.29) is 42.5 Å². The highest BCUT2D eigenvalue weighted by molar-refractivity contribution is 5.97. The van der Waals surface area contributed by atoms with E-state index in [4.69, 9.17) is 9.57 Å². The lowest BCUT2D eigenvalue weighted by atomic mass is 9.45. The molecule has 3 aliphatic carbocycles. The number of benzene rings is 2. The molecule has 4 aliphatic rings. The number of fused-ring (bicyclic) bond motifs is 2. The van der Waals surface area contributed by atoms with Gasteiger partial charge in [0.25, 0.3) is 5.91 Å². The number of rotatable bonds is 13. The third-order valence-corrected chi connectivity index (χ3v) is 11.6. The smallest absolute Gasteiger partial charge is 0.251 e. The van der Waals surface area contributed by atoms with E-state index in [2.05, 4.69) is 36.7 Å². The Kier molecular flexibility index (Phi) is 11.3. The first-order valence-electron chi connectivity index (χ1n) is 17.7. The molecule has 0 aromatic heterocycles. The summed E-state index contributed by atoms with van der Waals surface area (Å²) in [6.45, 7) is 11.0. The predicted molar refractivity (Wildman–Crippen MR) is 191 cm³/mol. The molecule has 2 aromatic rings. The van der Waals surface area contributed by atoms with E-state index in [0.29, 0.717) is 35.6 Å². The van der Waals surface area contributed by atoms with Gasteiger partial charge in [-0.1, -0.05) is 39.0 Å². The van der Waals surface area contributed by atoms with Gasteiger partial charge in [-0.25, -0.2) is 0 Å². The Labute approximate surface area is 291 Å². The third-order valence-electron chi connectivity index (χ3n) is 11.6. The van der Waals surface area contributed by atoms with Crippen molar-refractivity contribution in [1.82, 2.24) is 21.0 Å². The van der Waals surface area contributed by atoms with Gasteiger partial charge in [-0.05, 0) is 80.7 Å². The van der Waals surface area contributed by atoms with Gasteiger partial charge in [0.15, 0.2) is 0 Å². The van der Waals surface area contributed by atoms with E-state index in [1.54, 1.807) is 19.1 Å². The third kappa shape index (κ3) is 7.32. The molecule has 1 heterocycles. The second-order valence-corrected chi connectivity index (χ2v) is 15.3. The van der Waals surface area contributed by atoms with Gasteiger partial charge < -0.3 is 35.8 Å². The maximum atomic E-state index is 14.2. The molecule has 270 valence electrons. The number of hydrogen-bond donors (Lipinski definition) is 5. The monoisotopic (exact) mass is 679 g/mol. The lowest BCUT2D eigenvalue weighted by Gasteiger charge is -2.62. The maximum Gasteiger partial charge on any atom is 0.251 e. The molecule has 11 heteroatoms. The number of nitrogens with zero attached hydrogens (tertiary/aromatic N) is 2. The number of nitrogens with one attached hydrogen (secondary N) is 3. The molecule has 0 unspecified atom stereocenters. The summed E-state index contributed by atoms with van der Waals surface area (Å²) in [7, 11) is 7.32. The zero-order valence-electron chi connectivity index (χ0n) is 30.6. The summed E-state index contributed by atoms with van der Waals surface area (Å²) in [5.41, 5.74) is 4.02. The van der Waals surface area contributed by atoms with Gasteiger partial charge in [0.2, 0.25) is 5.91 Å². The summed E-state index contributed by atoms with van der Waals surface area (Å²) in [6, 6.07) is 10.7. The van der Waals surface area contributed by atoms with Crippen LogP contribution in [0.25, 0.3) is 11.1 Å². The van der Waals surface area contributed by atoms with Crippen molar-refractivity contribution in [3.63, 3.8) is 0 Å². The van der Waals surface area contributed by atoms with Crippen LogP contribution in [0.15, 0.2) is 36.4 Å². The average Bonchev–Trinajstić information content (AvgIpc) is 3.43. The molecule has 3 saturated carbocycles. The van der Waals surface area contributed by atoms with E-state index in [9.17, 15) is 19.8 Å². The number of ether oxygens (including phenoxy) is 1. The lowest BCUT2D eigenvalue weighted by molar-refractivity contribution is -0.183. The zero-order chi connectivity index (χ0) is 35.8. The Morgan fingerprint density at radius 2 is 1.90 bits per heavy atom. The molecule has 2 aromatic carbocycles. The highest BCUT2D eigenvalue weighted by Crippen LogP contribution is 2.61. The van der Waals surface area contributed by atoms with Crippen LogP contribution >= 0.6 is 0 Å². The normalized spacial score (nSPS) is 28.7. The van der Waals surface area contributed by atoms with E-state index in [1.165, 1.54) is 6.42 Å². The van der Waals surface area contributed by atoms with Gasteiger partial charge in [-0.15, -0.1) is 0 Å². The van der Waals surface area contributed by atoms with Crippen molar-refractivity contribution >= 4 is 17.5 Å². The zero-order valence-corrected chi connectivity index (χ0v) is 30.6. The number of methoxy groups -OCH3 is 1. The van der Waals surface area contributed by atoms with Crippen LogP contribution < -0.4 is 25.6 Å². The van der Waals surface area contributed by atoms with Crippen LogP contribution in [-0.4, -0.2) is 98.8 Å². The number of anilines is 1. The summed E-state index contributed by atoms with van der Waals surface area (Å²) in [5.74, 6) is 1.06. The summed E-state index contributed by atoms with van der Waals surface area (Å²) >= 11 is 0. The van der Waals surface area contributed by atoms with Crippen LogP contribution in [0.4, 0.5) is 5.69 Å². The fourth-order valence-electron chi connectivity index (χ4n) is 8.65. The number of para-hydroxylation sites is 1. The van der Waals surface area contributed by atoms with Crippen molar-refractivity contribution in [1.29, 1.82) is 0 Å². The SMILES string of the molecule is CNC[C@@H](C)NC(=O)c1cc(-c2cccc(CN3O[C@@H](CO)[C@@H]([C@H](C)O)[C@H]3C(=O)N[C@H]3C[C@@H]4C[C@H]([C@@H]3C)C4(C)C)c2OC)cc(N(C)C)c1. The molecule has 2 amide bonds. The minimum atomic E-state index is -0.892. The molecule has 0 spiro atoms. The van der Waals surface area contributed by atoms with Crippen LogP contribution in [0.3, 0.4) is 0 Å². The van der Waals surface area contributed by atoms with E-state index < -0.39 is 24.2 Å². The van der Waals surface area contributed by atoms with Crippen molar-refractivity contribution in [3.05, 3.63) is 47.5 Å². The summed E-state index contributed by atoms with van der Waals surface area (Å²) in [5, 5.41) is 32.3. The van der Waals surface area contributed by atoms with Crippen LogP contribution in [0.1, 0.15) is 63.4 Å². The second kappa shape index (κ2) is 14.9. The quantitative estimate of drug-likeness (QED) is 0.216. The Morgan fingerprint density at radius 1 is 1.16 bits per heavy atom. The number of aliphatic hydroxyl groups is 2. The van der Waals surface area contributed by atoms with E-state index in [0.717, 1.165) is 28.8 Å². The van der Waals surface area contributed by atoms with Gasteiger partial charge in [-0.3, -0.25) is 14.4 Å². The van der Waals surface area contributed by atoms with Gasteiger partial charge in [0.1, 0.15) is 17.9 Å². The van der Waals surface area contributed by atoms with Gasteiger partial charge in [-0.2, -0.15) is 5.06 Å². The molecule has 49 heavy (non-hydrogen) atoms. The largest absolute Gasteiger partial charge is 0.496 e. The molecule has 0 radical (unpaired) electrons. The van der Waals surface area contributed by atoms with Gasteiger partial charge in [0, 0.05) is 61.0 Å². The molecule has 4 fully saturated rings. The van der Waals surface area contributed by atoms with Crippen LogP contribution in [0.5, 0.6) is 5.75 Å². The van der Waals surface area contributed by atoms with Crippen LogP contribution in [0.2, 0.25) is 0 Å². The van der Waals surface area contributed by atoms with Gasteiger partial charge in [0.05, 0.1) is 26.4 Å². The summed E-state index contributed by atoms with van der Waals surface area (Å²) < 4.78 is 6.03. The number of likely N-dealkylation sites (N-methyl/N-ethyl adjacent to an activating group) is 1. The number of hydroxylamine groups is 2. The summed E-state index contributed by atoms with van der Waals surface area (Å²) in [4.78, 5) is 35.7. The number of amides is 2. The second-order valence-electron chi connectivity index (χ2n) is 15.3. The molecule has 6 rings (SSSR count). The van der Waals surface area contributed by atoms with Crippen LogP contribution in [0, 0.1) is 29.1 Å². The highest BCUT2D eigenvalue weighted by Gasteiger charge is 2.57. The lowest BCUT2D eigenvalue weighted by Crippen LogP contribution is -2.62. The standard InChI is InChI=1S/C38H57N5O6/c1-21(18-39-6)40-36(46)26-13-25(14-28(15-26)42(7)8)29-12-10-11-24(35(29)48-9)19-43-34(33(23(3)45)32(20-44)49-43)37(47)41-31-17-27-16-30(22(31)2)38(27,4)5/h10-15,21-23,27,30-34,39,44-45H,16-20H2,1-9H3,(H,40,46)(H,41,47)/t21-,22+,23+,27+,30-,31+,32+,33-,34+/m1/s1. The number of carbonyl (C=O) groups is 2. The molecular weight excluding hydrogens is 622 g/mol. The average molecular weight is 680 g/mol. The highest BCUT2D eigenvalue weighted by atomic mass is 16.7. The minimum absolute atomic E-state index is 0.0448. The van der Waals surface area contributed by atoms with Crippen molar-refractivity contribution in [2.45, 2.75) is 84.3 Å². The predicted octanol–water partition coefficient (Wildman–Crippen LogP) is 3.43. The first-order valence-corrected chi connectivity index (χ1v) is 17.7. The van der Waals surface area contributed by atoms with Gasteiger partial charge >= 0.3 is 0 Å². The van der Waals surface area contributed by atoms with Crippen molar-refractivity contribution in [3.8, 4) is 16.9 Å². The summed E-state index contributed by atoms with van der Waals surface area (Å²) in [6.07, 6.45) is 0.501. The Bertz CT molecular complexity index is 1500. The van der Waals surface area contributed by atoms with Crippen LogP contribution in [-0.2, 0) is 16.2 Å². The first-order chi connectivity index (χ1) is 23.2. The Morgan fingerprint density at radius 3 is 2.49 bits per heavy atom. The van der Waals surface area contributed by atoms with E-state index in [1.807, 2.05) is 69.4 Å². The minimum Gasteiger partial charge on any atom is -0.496 e. The fraction of sp³-hybridized carbons (Fsp3) is 0.632. The molecule has 2 bridgehead atoms. The van der Waals surface area contributed by atoms with Crippen molar-refractivity contribution < 1.29 is 29.4 Å². The first kappa shape index (κ1) is 37.0. The number of aliphatic hydroxyl groups excluding tert-OH is 2. The Hall–Kier alpha value is -3.22. The number of hydrogen-bond acceptors (Lipinski definition) is 9. The van der Waals surface area contributed by atoms with Crippen molar-refractivity contribution in [2.24, 2.45) is 29.1 Å². The number of carbonyl (C=O) groups excluding carboxylic acids is 2. The maximum absolute atomic E-state index is 14.2. The molecule has 11 nitrogen and oxygen atoms in total. The fourth-order valence-corrected chi connectivity index (χ4v) is 8.65. The molecule has 1 saturated heterocycles. The van der Waals surface area contributed by atoms with E-state index >= 15 is 0 Å². The molecule has 5 N–H and O–H groups in total. The molecule has 9 atom stereocenters. The Balaban J connectivity index is 1.45.